The summed E-state index contributed by atoms with van der Waals surface area (Å²) in [6.07, 6.45) is 0.704. The number of halogens is 1. The number of rotatable bonds is 5. The molecular formula is C14H18FN3O2. The number of hydrogen-bond donors (Lipinski definition) is 1. The van der Waals surface area contributed by atoms with Gasteiger partial charge in [0, 0.05) is 12.2 Å². The lowest BCUT2D eigenvalue weighted by atomic mass is 10.0. The maximum atomic E-state index is 13.5. The van der Waals surface area contributed by atoms with Crippen molar-refractivity contribution in [2.24, 2.45) is 0 Å². The molecule has 2 aromatic rings. The largest absolute Gasteiger partial charge is 0.396 e. The van der Waals surface area contributed by atoms with Crippen LogP contribution in [-0.2, 0) is 10.3 Å². The summed E-state index contributed by atoms with van der Waals surface area (Å²) in [4.78, 5) is 4.30. The van der Waals surface area contributed by atoms with E-state index >= 15 is 0 Å². The van der Waals surface area contributed by atoms with Crippen LogP contribution < -0.4 is 5.73 Å². The predicted octanol–water partition coefficient (Wildman–Crippen LogP) is 3.12. The number of ether oxygens (including phenoxy) is 1. The van der Waals surface area contributed by atoms with E-state index in [1.807, 2.05) is 20.8 Å². The van der Waals surface area contributed by atoms with Crippen LogP contribution in [0.5, 0.6) is 0 Å². The fourth-order valence-corrected chi connectivity index (χ4v) is 1.86. The Kier molecular flexibility index (Phi) is 4.04. The number of nitrogens with two attached hydrogens (primary N) is 1. The van der Waals surface area contributed by atoms with Gasteiger partial charge in [0.1, 0.15) is 11.4 Å². The second-order valence-corrected chi connectivity index (χ2v) is 4.68. The zero-order valence-corrected chi connectivity index (χ0v) is 11.8. The Morgan fingerprint density at radius 2 is 2.15 bits per heavy atom. The van der Waals surface area contributed by atoms with Crippen molar-refractivity contribution < 1.29 is 13.7 Å². The first-order valence-electron chi connectivity index (χ1n) is 6.53. The minimum atomic E-state index is -0.608. The van der Waals surface area contributed by atoms with Crippen LogP contribution in [0.4, 0.5) is 10.1 Å². The van der Waals surface area contributed by atoms with Gasteiger partial charge in [-0.05, 0) is 38.5 Å². The molecule has 0 amide bonds. The van der Waals surface area contributed by atoms with Crippen molar-refractivity contribution in [3.63, 3.8) is 0 Å². The van der Waals surface area contributed by atoms with E-state index in [1.165, 1.54) is 12.1 Å². The highest BCUT2D eigenvalue weighted by Crippen LogP contribution is 2.29. The fourth-order valence-electron chi connectivity index (χ4n) is 1.86. The maximum Gasteiger partial charge on any atom is 0.258 e. The van der Waals surface area contributed by atoms with Crippen molar-refractivity contribution in [2.75, 3.05) is 12.3 Å². The van der Waals surface area contributed by atoms with Crippen molar-refractivity contribution in [3.8, 4) is 11.5 Å². The van der Waals surface area contributed by atoms with E-state index in [9.17, 15) is 4.39 Å². The number of hydrogen-bond acceptors (Lipinski definition) is 5. The van der Waals surface area contributed by atoms with Crippen LogP contribution in [0.15, 0.2) is 22.7 Å². The molecule has 1 atom stereocenters. The molecule has 1 aromatic carbocycles. The molecule has 20 heavy (non-hydrogen) atoms. The summed E-state index contributed by atoms with van der Waals surface area (Å²) in [6, 6.07) is 4.38. The Bertz CT molecular complexity index is 600. The van der Waals surface area contributed by atoms with E-state index in [4.69, 9.17) is 15.0 Å². The summed E-state index contributed by atoms with van der Waals surface area (Å²) in [5.41, 5.74) is 5.41. The Labute approximate surface area is 116 Å². The van der Waals surface area contributed by atoms with Crippen LogP contribution in [0.1, 0.15) is 33.0 Å². The van der Waals surface area contributed by atoms with Crippen LogP contribution >= 0.6 is 0 Å². The number of aromatic nitrogens is 2. The van der Waals surface area contributed by atoms with E-state index in [2.05, 4.69) is 10.1 Å². The summed E-state index contributed by atoms with van der Waals surface area (Å²) >= 11 is 0. The summed E-state index contributed by atoms with van der Waals surface area (Å²) in [7, 11) is 0. The van der Waals surface area contributed by atoms with E-state index < -0.39 is 11.4 Å². The molecule has 1 heterocycles. The molecule has 0 saturated heterocycles. The highest BCUT2D eigenvalue weighted by atomic mass is 19.1. The SMILES string of the molecule is CCOC(C)(CC)c1noc(-c2ccc(N)c(F)c2)n1. The van der Waals surface area contributed by atoms with Crippen molar-refractivity contribution >= 4 is 5.69 Å². The predicted molar refractivity (Wildman–Crippen MR) is 73.4 cm³/mol. The number of nitrogens with zero attached hydrogens (tertiary/aromatic N) is 2. The van der Waals surface area contributed by atoms with Gasteiger partial charge in [0.2, 0.25) is 5.82 Å². The number of nitrogen functional groups attached to an aromatic ring is 1. The van der Waals surface area contributed by atoms with Crippen LogP contribution in [0.2, 0.25) is 0 Å². The Hall–Kier alpha value is -1.95. The zero-order chi connectivity index (χ0) is 14.8. The number of anilines is 1. The molecule has 0 aliphatic carbocycles. The van der Waals surface area contributed by atoms with Gasteiger partial charge in [-0.3, -0.25) is 0 Å². The fraction of sp³-hybridized carbons (Fsp3) is 0.429. The summed E-state index contributed by atoms with van der Waals surface area (Å²) < 4.78 is 24.3. The van der Waals surface area contributed by atoms with Crippen molar-refractivity contribution in [3.05, 3.63) is 29.8 Å². The van der Waals surface area contributed by atoms with Crippen molar-refractivity contribution in [1.82, 2.24) is 10.1 Å². The Morgan fingerprint density at radius 1 is 1.40 bits per heavy atom. The molecule has 108 valence electrons. The molecule has 0 spiro atoms. The van der Waals surface area contributed by atoms with E-state index in [-0.39, 0.29) is 11.6 Å². The third kappa shape index (κ3) is 2.65. The van der Waals surface area contributed by atoms with Gasteiger partial charge in [-0.2, -0.15) is 4.98 Å². The molecule has 2 N–H and O–H groups in total. The molecule has 6 heteroatoms. The van der Waals surface area contributed by atoms with Crippen molar-refractivity contribution in [1.29, 1.82) is 0 Å². The van der Waals surface area contributed by atoms with E-state index in [1.54, 1.807) is 6.07 Å². The Balaban J connectivity index is 2.34. The number of benzene rings is 1. The van der Waals surface area contributed by atoms with Gasteiger partial charge < -0.3 is 15.0 Å². The summed E-state index contributed by atoms with van der Waals surface area (Å²) in [6.45, 7) is 6.33. The van der Waals surface area contributed by atoms with Gasteiger partial charge in [0.25, 0.3) is 5.89 Å². The molecule has 0 aliphatic heterocycles. The average molecular weight is 279 g/mol. The standard InChI is InChI=1S/C14H18FN3O2/c1-4-14(3,19-5-2)13-17-12(20-18-13)9-6-7-11(16)10(15)8-9/h6-8H,4-5,16H2,1-3H3. The molecule has 0 fully saturated rings. The molecule has 0 saturated carbocycles. The molecule has 0 aliphatic rings. The lowest BCUT2D eigenvalue weighted by molar-refractivity contribution is -0.0403. The highest BCUT2D eigenvalue weighted by Gasteiger charge is 2.31. The lowest BCUT2D eigenvalue weighted by Crippen LogP contribution is -2.26. The smallest absolute Gasteiger partial charge is 0.258 e. The van der Waals surface area contributed by atoms with E-state index in [0.29, 0.717) is 24.4 Å². The van der Waals surface area contributed by atoms with Crippen LogP contribution in [0, 0.1) is 5.82 Å². The topological polar surface area (TPSA) is 74.2 Å². The van der Waals surface area contributed by atoms with Gasteiger partial charge in [-0.25, -0.2) is 4.39 Å². The average Bonchev–Trinajstić information content (AvgIpc) is 2.92. The third-order valence-electron chi connectivity index (χ3n) is 3.28. The van der Waals surface area contributed by atoms with Gasteiger partial charge >= 0.3 is 0 Å². The van der Waals surface area contributed by atoms with Gasteiger partial charge in [0.05, 0.1) is 5.69 Å². The molecule has 0 radical (unpaired) electrons. The minimum Gasteiger partial charge on any atom is -0.396 e. The van der Waals surface area contributed by atoms with Gasteiger partial charge in [-0.15, -0.1) is 0 Å². The lowest BCUT2D eigenvalue weighted by Gasteiger charge is -2.23. The highest BCUT2D eigenvalue weighted by molar-refractivity contribution is 5.57. The molecule has 2 rings (SSSR count). The third-order valence-corrected chi connectivity index (χ3v) is 3.28. The molecule has 1 unspecified atom stereocenters. The quantitative estimate of drug-likeness (QED) is 0.851. The first-order valence-corrected chi connectivity index (χ1v) is 6.53. The van der Waals surface area contributed by atoms with Crippen LogP contribution in [-0.4, -0.2) is 16.7 Å². The molecule has 0 bridgehead atoms. The van der Waals surface area contributed by atoms with Gasteiger partial charge in [0.15, 0.2) is 0 Å². The maximum absolute atomic E-state index is 13.5. The first kappa shape index (κ1) is 14.5. The summed E-state index contributed by atoms with van der Waals surface area (Å²) in [5, 5.41) is 3.94. The second-order valence-electron chi connectivity index (χ2n) is 4.68. The minimum absolute atomic E-state index is 0.0844. The first-order chi connectivity index (χ1) is 9.50. The molecule has 1 aromatic heterocycles. The Morgan fingerprint density at radius 3 is 2.75 bits per heavy atom. The van der Waals surface area contributed by atoms with Gasteiger partial charge in [-0.1, -0.05) is 12.1 Å². The zero-order valence-electron chi connectivity index (χ0n) is 11.8. The normalized spacial score (nSPS) is 14.2. The summed E-state index contributed by atoms with van der Waals surface area (Å²) in [5.74, 6) is 0.192. The monoisotopic (exact) mass is 279 g/mol. The van der Waals surface area contributed by atoms with E-state index in [0.717, 1.165) is 0 Å². The van der Waals surface area contributed by atoms with Crippen molar-refractivity contribution in [2.45, 2.75) is 32.8 Å². The van der Waals surface area contributed by atoms with Crippen LogP contribution in [0.25, 0.3) is 11.5 Å². The van der Waals surface area contributed by atoms with Crippen LogP contribution in [0.3, 0.4) is 0 Å². The molecule has 5 nitrogen and oxygen atoms in total. The second kappa shape index (κ2) is 5.58. The molecular weight excluding hydrogens is 261 g/mol.